The number of hydrogen-bond donors (Lipinski definition) is 1. The highest BCUT2D eigenvalue weighted by Gasteiger charge is 2.26. The summed E-state index contributed by atoms with van der Waals surface area (Å²) >= 11 is 4.61. The molecule has 7 nitrogen and oxygen atoms in total. The van der Waals surface area contributed by atoms with Crippen LogP contribution in [0.5, 0.6) is 0 Å². The van der Waals surface area contributed by atoms with Crippen LogP contribution >= 0.6 is 27.3 Å². The normalized spacial score (nSPS) is 12.7. The highest BCUT2D eigenvalue weighted by atomic mass is 79.9. The number of halogens is 1. The number of amides is 1. The quantitative estimate of drug-likeness (QED) is 0.495. The number of nitrogens with zero attached hydrogens (tertiary/aromatic N) is 3. The van der Waals surface area contributed by atoms with Gasteiger partial charge >= 0.3 is 0 Å². The van der Waals surface area contributed by atoms with Crippen molar-refractivity contribution in [1.82, 2.24) is 14.5 Å². The Morgan fingerprint density at radius 1 is 1.13 bits per heavy atom. The summed E-state index contributed by atoms with van der Waals surface area (Å²) in [5.41, 5.74) is 0.888. The molecule has 158 valence electrons. The Hall–Kier alpha value is -2.14. The number of carbonyl (C=O) groups excluding carboxylic acids is 1. The topological polar surface area (TPSA) is 92.3 Å². The zero-order valence-electron chi connectivity index (χ0n) is 16.4. The van der Waals surface area contributed by atoms with E-state index in [2.05, 4.69) is 31.4 Å². The molecule has 2 aromatic carbocycles. The largest absolute Gasteiger partial charge is 0.301 e. The molecule has 0 fully saturated rings. The summed E-state index contributed by atoms with van der Waals surface area (Å²) < 4.78 is 28.1. The van der Waals surface area contributed by atoms with Crippen molar-refractivity contribution in [3.8, 4) is 0 Å². The van der Waals surface area contributed by atoms with E-state index in [1.54, 1.807) is 24.3 Å². The van der Waals surface area contributed by atoms with Crippen LogP contribution in [0.4, 0.5) is 5.13 Å². The summed E-state index contributed by atoms with van der Waals surface area (Å²) in [5, 5.41) is 11.7. The van der Waals surface area contributed by atoms with Crippen LogP contribution in [0, 0.1) is 6.92 Å². The lowest BCUT2D eigenvalue weighted by atomic mass is 9.95. The molecule has 0 saturated heterocycles. The molecule has 0 radical (unpaired) electrons. The van der Waals surface area contributed by atoms with Crippen molar-refractivity contribution >= 4 is 48.3 Å². The van der Waals surface area contributed by atoms with Crippen molar-refractivity contribution in [3.63, 3.8) is 0 Å². The van der Waals surface area contributed by atoms with Crippen LogP contribution in [0.3, 0.4) is 0 Å². The van der Waals surface area contributed by atoms with Crippen molar-refractivity contribution in [3.05, 3.63) is 69.6 Å². The standard InChI is InChI=1S/C20H21BrN4O3S2/c1-14-23-24-20(29-14)22-19(26)12-16(15-6-4-3-5-7-15)13-25(2)30(27,28)18-10-8-17(21)9-11-18/h3-11,16H,12-13H2,1-2H3,(H,22,24,26). The lowest BCUT2D eigenvalue weighted by molar-refractivity contribution is -0.116. The fourth-order valence-electron chi connectivity index (χ4n) is 2.95. The second kappa shape index (κ2) is 9.78. The summed E-state index contributed by atoms with van der Waals surface area (Å²) in [6.45, 7) is 1.97. The first-order valence-electron chi connectivity index (χ1n) is 9.12. The molecule has 3 rings (SSSR count). The van der Waals surface area contributed by atoms with Gasteiger partial charge in [0.2, 0.25) is 21.1 Å². The van der Waals surface area contributed by atoms with Crippen LogP contribution in [0.15, 0.2) is 64.0 Å². The van der Waals surface area contributed by atoms with Gasteiger partial charge in [-0.15, -0.1) is 10.2 Å². The molecule has 0 aliphatic heterocycles. The van der Waals surface area contributed by atoms with E-state index >= 15 is 0 Å². The predicted octanol–water partition coefficient (Wildman–Crippen LogP) is 4.04. The molecule has 0 bridgehead atoms. The molecule has 3 aromatic rings. The van der Waals surface area contributed by atoms with Gasteiger partial charge in [-0.2, -0.15) is 0 Å². The number of hydrogen-bond acceptors (Lipinski definition) is 6. The zero-order valence-corrected chi connectivity index (χ0v) is 19.7. The smallest absolute Gasteiger partial charge is 0.242 e. The molecular weight excluding hydrogens is 488 g/mol. The summed E-state index contributed by atoms with van der Waals surface area (Å²) in [5.74, 6) is -0.565. The van der Waals surface area contributed by atoms with Gasteiger partial charge in [0.15, 0.2) is 0 Å². The lowest BCUT2D eigenvalue weighted by Gasteiger charge is -2.24. The molecule has 10 heteroatoms. The third kappa shape index (κ3) is 5.72. The van der Waals surface area contributed by atoms with Crippen molar-refractivity contribution in [2.75, 3.05) is 18.9 Å². The molecule has 1 aromatic heterocycles. The molecule has 0 spiro atoms. The van der Waals surface area contributed by atoms with Crippen LogP contribution in [0.1, 0.15) is 22.9 Å². The van der Waals surface area contributed by atoms with Gasteiger partial charge in [-0.05, 0) is 36.8 Å². The minimum Gasteiger partial charge on any atom is -0.301 e. The average molecular weight is 509 g/mol. The number of nitrogens with one attached hydrogen (secondary N) is 1. The van der Waals surface area contributed by atoms with Gasteiger partial charge in [0.1, 0.15) is 5.01 Å². The SMILES string of the molecule is Cc1nnc(NC(=O)CC(CN(C)S(=O)(=O)c2ccc(Br)cc2)c2ccccc2)s1. The number of carbonyl (C=O) groups is 1. The number of likely N-dealkylation sites (N-methyl/N-ethyl adjacent to an activating group) is 1. The van der Waals surface area contributed by atoms with Crippen LogP contribution in [0.2, 0.25) is 0 Å². The van der Waals surface area contributed by atoms with Gasteiger partial charge in [0.05, 0.1) is 4.90 Å². The number of rotatable bonds is 8. The molecule has 1 heterocycles. The molecule has 1 N–H and O–H groups in total. The highest BCUT2D eigenvalue weighted by Crippen LogP contribution is 2.25. The Bertz CT molecular complexity index is 1100. The molecule has 1 atom stereocenters. The van der Waals surface area contributed by atoms with Crippen molar-refractivity contribution < 1.29 is 13.2 Å². The molecule has 0 aliphatic carbocycles. The van der Waals surface area contributed by atoms with Gasteiger partial charge in [0.25, 0.3) is 0 Å². The van der Waals surface area contributed by atoms with E-state index in [4.69, 9.17) is 0 Å². The van der Waals surface area contributed by atoms with Gasteiger partial charge < -0.3 is 5.32 Å². The van der Waals surface area contributed by atoms with Gasteiger partial charge in [-0.25, -0.2) is 12.7 Å². The molecule has 1 unspecified atom stereocenters. The Balaban J connectivity index is 1.78. The fraction of sp³-hybridized carbons (Fsp3) is 0.250. The van der Waals surface area contributed by atoms with E-state index in [0.717, 1.165) is 15.0 Å². The predicted molar refractivity (Wildman–Crippen MR) is 121 cm³/mol. The number of anilines is 1. The second-order valence-corrected chi connectivity index (χ2v) is 10.9. The van der Waals surface area contributed by atoms with Crippen molar-refractivity contribution in [1.29, 1.82) is 0 Å². The zero-order chi connectivity index (χ0) is 21.7. The number of benzene rings is 2. The highest BCUT2D eigenvalue weighted by molar-refractivity contribution is 9.10. The van der Waals surface area contributed by atoms with Crippen molar-refractivity contribution in [2.45, 2.75) is 24.2 Å². The maximum Gasteiger partial charge on any atom is 0.242 e. The third-order valence-corrected chi connectivity index (χ3v) is 7.59. The van der Waals surface area contributed by atoms with E-state index in [-0.39, 0.29) is 29.7 Å². The van der Waals surface area contributed by atoms with Crippen LogP contribution < -0.4 is 5.32 Å². The molecule has 0 saturated carbocycles. The average Bonchev–Trinajstić information content (AvgIpc) is 3.12. The van der Waals surface area contributed by atoms with Gasteiger partial charge in [-0.1, -0.05) is 57.6 Å². The number of aryl methyl sites for hydroxylation is 1. The maximum atomic E-state index is 13.0. The first-order valence-corrected chi connectivity index (χ1v) is 12.2. The van der Waals surface area contributed by atoms with E-state index < -0.39 is 10.0 Å². The number of aromatic nitrogens is 2. The maximum absolute atomic E-state index is 13.0. The fourth-order valence-corrected chi connectivity index (χ4v) is 5.04. The van der Waals surface area contributed by atoms with E-state index in [1.807, 2.05) is 37.3 Å². The Labute approximate surface area is 188 Å². The van der Waals surface area contributed by atoms with Crippen molar-refractivity contribution in [2.24, 2.45) is 0 Å². The monoisotopic (exact) mass is 508 g/mol. The number of sulfonamides is 1. The lowest BCUT2D eigenvalue weighted by Crippen LogP contribution is -2.32. The van der Waals surface area contributed by atoms with Crippen LogP contribution in [0.25, 0.3) is 0 Å². The minimum absolute atomic E-state index is 0.114. The summed E-state index contributed by atoms with van der Waals surface area (Å²) in [6, 6.07) is 15.9. The van der Waals surface area contributed by atoms with E-state index in [9.17, 15) is 13.2 Å². The van der Waals surface area contributed by atoms with E-state index in [0.29, 0.717) is 5.13 Å². The Morgan fingerprint density at radius 3 is 2.40 bits per heavy atom. The first-order chi connectivity index (χ1) is 14.3. The molecular formula is C20H21BrN4O3S2. The first kappa shape index (κ1) is 22.5. The molecule has 1 amide bonds. The molecule has 0 aliphatic rings. The molecule has 30 heavy (non-hydrogen) atoms. The third-order valence-electron chi connectivity index (χ3n) is 4.47. The summed E-state index contributed by atoms with van der Waals surface area (Å²) in [7, 11) is -2.16. The van der Waals surface area contributed by atoms with Crippen LogP contribution in [-0.2, 0) is 14.8 Å². The van der Waals surface area contributed by atoms with E-state index in [1.165, 1.54) is 22.7 Å². The minimum atomic E-state index is -3.69. The van der Waals surface area contributed by atoms with Gasteiger partial charge in [-0.3, -0.25) is 4.79 Å². The van der Waals surface area contributed by atoms with Gasteiger partial charge in [0, 0.05) is 30.4 Å². The Kier molecular flexibility index (Phi) is 7.35. The van der Waals surface area contributed by atoms with Crippen LogP contribution in [-0.4, -0.2) is 42.4 Å². The Morgan fingerprint density at radius 2 is 1.80 bits per heavy atom. The summed E-state index contributed by atoms with van der Waals surface area (Å²) in [4.78, 5) is 12.8. The second-order valence-electron chi connectivity index (χ2n) is 6.73. The summed E-state index contributed by atoms with van der Waals surface area (Å²) in [6.07, 6.45) is 0.114.